The first-order valence-corrected chi connectivity index (χ1v) is 27.2. The van der Waals surface area contributed by atoms with Crippen molar-refractivity contribution in [2.45, 2.75) is 275 Å². The van der Waals surface area contributed by atoms with Gasteiger partial charge in [-0.3, -0.25) is 9.35 Å². The van der Waals surface area contributed by atoms with E-state index in [4.69, 9.17) is 9.47 Å². The van der Waals surface area contributed by atoms with E-state index in [0.29, 0.717) is 12.8 Å². The van der Waals surface area contributed by atoms with Gasteiger partial charge in [-0.1, -0.05) is 218 Å². The summed E-state index contributed by atoms with van der Waals surface area (Å²) in [5, 5.41) is 55.3. The van der Waals surface area contributed by atoms with Crippen LogP contribution in [0.4, 0.5) is 0 Å². The summed E-state index contributed by atoms with van der Waals surface area (Å²) < 4.78 is 47.6. The lowest BCUT2D eigenvalue weighted by Crippen LogP contribution is -2.61. The van der Waals surface area contributed by atoms with E-state index in [1.54, 1.807) is 6.08 Å². The van der Waals surface area contributed by atoms with Crippen LogP contribution >= 0.6 is 0 Å². The normalized spacial score (nSPS) is 20.9. The summed E-state index contributed by atoms with van der Waals surface area (Å²) in [4.78, 5) is 13.1. The quantitative estimate of drug-likeness (QED) is 0.0173. The highest BCUT2D eigenvalue weighted by molar-refractivity contribution is 7.80. The maximum absolute atomic E-state index is 13.1. The van der Waals surface area contributed by atoms with Crippen molar-refractivity contribution in [1.29, 1.82) is 0 Å². The van der Waals surface area contributed by atoms with Crippen molar-refractivity contribution in [2.75, 3.05) is 13.2 Å². The highest BCUT2D eigenvalue weighted by Gasteiger charge is 2.48. The van der Waals surface area contributed by atoms with Crippen LogP contribution in [0.2, 0.25) is 0 Å². The fourth-order valence-electron chi connectivity index (χ4n) is 8.24. The first-order chi connectivity index (χ1) is 30.9. The number of unbranched alkanes of at least 4 members (excludes halogenated alkanes) is 29. The number of carbonyl (C=O) groups excluding carboxylic acids is 1. The van der Waals surface area contributed by atoms with Crippen LogP contribution in [0.1, 0.15) is 226 Å². The minimum Gasteiger partial charge on any atom is -0.394 e. The Labute approximate surface area is 389 Å². The Kier molecular flexibility index (Phi) is 38.4. The SMILES string of the molecule is CCCCCCCCCCCCCC/C=C/CC/C=C/C(O)C(COC1OC(CO)C(O)C(OS(=O)(=O)O)C1O)NC(=O)C(O)CCCCCCCCCCCCCCCCCCC. The highest BCUT2D eigenvalue weighted by Crippen LogP contribution is 2.26. The Morgan fingerprint density at radius 2 is 1.05 bits per heavy atom. The maximum atomic E-state index is 13.1. The number of carbonyl (C=O) groups is 1. The largest absolute Gasteiger partial charge is 0.397 e. The predicted molar refractivity (Wildman–Crippen MR) is 256 cm³/mol. The molecule has 1 saturated heterocycles. The molecule has 1 aliphatic heterocycles. The van der Waals surface area contributed by atoms with Crippen LogP contribution in [0.15, 0.2) is 24.3 Å². The van der Waals surface area contributed by atoms with Gasteiger partial charge in [0.15, 0.2) is 6.29 Å². The van der Waals surface area contributed by atoms with Crippen LogP contribution < -0.4 is 5.32 Å². The zero-order valence-electron chi connectivity index (χ0n) is 40.2. The number of allylic oxidation sites excluding steroid dienone is 3. The van der Waals surface area contributed by atoms with Crippen molar-refractivity contribution < 1.29 is 57.0 Å². The first-order valence-electron chi connectivity index (χ1n) is 25.8. The number of hydrogen-bond donors (Lipinski definition) is 7. The molecule has 14 heteroatoms. The van der Waals surface area contributed by atoms with Gasteiger partial charge in [0.25, 0.3) is 0 Å². The van der Waals surface area contributed by atoms with Crippen molar-refractivity contribution in [2.24, 2.45) is 0 Å². The van der Waals surface area contributed by atoms with Crippen LogP contribution in [-0.2, 0) is 28.9 Å². The molecule has 0 aromatic heterocycles. The monoisotopic (exact) mass is 934 g/mol. The Bertz CT molecular complexity index is 1250. The first kappa shape index (κ1) is 60.6. The van der Waals surface area contributed by atoms with Crippen LogP contribution in [0, 0.1) is 0 Å². The molecule has 0 saturated carbocycles. The number of aliphatic hydroxyl groups is 5. The number of ether oxygens (including phenoxy) is 2. The Morgan fingerprint density at radius 1 is 0.625 bits per heavy atom. The summed E-state index contributed by atoms with van der Waals surface area (Å²) >= 11 is 0. The van der Waals surface area contributed by atoms with Gasteiger partial charge in [0.05, 0.1) is 25.4 Å². The third-order valence-electron chi connectivity index (χ3n) is 12.3. The maximum Gasteiger partial charge on any atom is 0.397 e. The molecule has 0 aromatic rings. The molecule has 1 amide bonds. The van der Waals surface area contributed by atoms with E-state index in [1.165, 1.54) is 160 Å². The number of aliphatic hydroxyl groups excluding tert-OH is 5. The van der Waals surface area contributed by atoms with Gasteiger partial charge >= 0.3 is 10.4 Å². The second kappa shape index (κ2) is 40.6. The lowest BCUT2D eigenvalue weighted by atomic mass is 9.99. The molecular formula is C50H95NO12S. The van der Waals surface area contributed by atoms with E-state index in [0.717, 1.165) is 38.5 Å². The summed E-state index contributed by atoms with van der Waals surface area (Å²) in [6.07, 6.45) is 35.4. The van der Waals surface area contributed by atoms with Crippen molar-refractivity contribution in [3.05, 3.63) is 24.3 Å². The molecule has 8 atom stereocenters. The summed E-state index contributed by atoms with van der Waals surface area (Å²) in [5.41, 5.74) is 0. The fourth-order valence-corrected chi connectivity index (χ4v) is 8.75. The van der Waals surface area contributed by atoms with Crippen molar-refractivity contribution >= 4 is 16.3 Å². The fraction of sp³-hybridized carbons (Fsp3) is 0.900. The molecule has 0 spiro atoms. The molecule has 1 fully saturated rings. The smallest absolute Gasteiger partial charge is 0.394 e. The van der Waals surface area contributed by atoms with Crippen molar-refractivity contribution in [1.82, 2.24) is 5.32 Å². The summed E-state index contributed by atoms with van der Waals surface area (Å²) in [5.74, 6) is -0.709. The second-order valence-corrected chi connectivity index (χ2v) is 19.3. The molecular weight excluding hydrogens is 839 g/mol. The van der Waals surface area contributed by atoms with E-state index in [2.05, 4.69) is 35.5 Å². The number of amides is 1. The van der Waals surface area contributed by atoms with E-state index < -0.39 is 78.5 Å². The van der Waals surface area contributed by atoms with Gasteiger partial charge in [0, 0.05) is 0 Å². The molecule has 0 radical (unpaired) electrons. The third-order valence-corrected chi connectivity index (χ3v) is 12.8. The van der Waals surface area contributed by atoms with Crippen LogP contribution in [0.25, 0.3) is 0 Å². The zero-order valence-corrected chi connectivity index (χ0v) is 41.0. The van der Waals surface area contributed by atoms with Crippen LogP contribution in [0.3, 0.4) is 0 Å². The highest BCUT2D eigenvalue weighted by atomic mass is 32.3. The van der Waals surface area contributed by atoms with Crippen LogP contribution in [-0.4, -0.2) is 107 Å². The third kappa shape index (κ3) is 32.3. The van der Waals surface area contributed by atoms with Crippen molar-refractivity contribution in [3.63, 3.8) is 0 Å². The van der Waals surface area contributed by atoms with E-state index in [1.807, 2.05) is 0 Å². The molecule has 1 heterocycles. The molecule has 378 valence electrons. The van der Waals surface area contributed by atoms with Gasteiger partial charge in [-0.05, 0) is 32.1 Å². The molecule has 64 heavy (non-hydrogen) atoms. The predicted octanol–water partition coefficient (Wildman–Crippen LogP) is 9.86. The van der Waals surface area contributed by atoms with Gasteiger partial charge < -0.3 is 40.3 Å². The Morgan fingerprint density at radius 3 is 1.50 bits per heavy atom. The molecule has 1 rings (SSSR count). The number of hydrogen-bond acceptors (Lipinski definition) is 11. The van der Waals surface area contributed by atoms with Gasteiger partial charge in [0.1, 0.15) is 30.5 Å². The van der Waals surface area contributed by atoms with E-state index in [-0.39, 0.29) is 6.42 Å². The molecule has 13 nitrogen and oxygen atoms in total. The standard InChI is InChI=1S/C50H95NO12S/c1-3-5-7-9-11-13-15-17-19-21-23-24-26-28-30-32-34-36-38-43(53)42(41-61-50-47(56)48(63-64(58,59)60)46(55)45(40-52)62-50)51-49(57)44(54)39-37-35-33-31-29-27-25-22-20-18-16-14-12-10-8-6-4-2/h28,30,36,38,42-48,50,52-56H,3-27,29,31-35,37,39-41H2,1-2H3,(H,51,57)(H,58,59,60)/b30-28+,38-36+. The lowest BCUT2D eigenvalue weighted by Gasteiger charge is -2.41. The second-order valence-electron chi connectivity index (χ2n) is 18.3. The Hall–Kier alpha value is -1.46. The minimum atomic E-state index is -5.12. The zero-order chi connectivity index (χ0) is 47.1. The average molecular weight is 934 g/mol. The summed E-state index contributed by atoms with van der Waals surface area (Å²) in [7, 11) is -5.12. The molecule has 0 aliphatic carbocycles. The summed E-state index contributed by atoms with van der Waals surface area (Å²) in [6, 6.07) is -1.13. The molecule has 8 unspecified atom stereocenters. The number of rotatable bonds is 44. The van der Waals surface area contributed by atoms with Gasteiger partial charge in [0.2, 0.25) is 5.91 Å². The molecule has 0 aromatic carbocycles. The number of nitrogens with one attached hydrogen (secondary N) is 1. The lowest BCUT2D eigenvalue weighted by molar-refractivity contribution is -0.298. The van der Waals surface area contributed by atoms with Crippen molar-refractivity contribution in [3.8, 4) is 0 Å². The van der Waals surface area contributed by atoms with Crippen LogP contribution in [0.5, 0.6) is 0 Å². The molecule has 0 bridgehead atoms. The van der Waals surface area contributed by atoms with Gasteiger partial charge in [-0.2, -0.15) is 8.42 Å². The van der Waals surface area contributed by atoms with E-state index in [9.17, 15) is 43.3 Å². The average Bonchev–Trinajstić information content (AvgIpc) is 3.27. The van der Waals surface area contributed by atoms with Gasteiger partial charge in [-0.25, -0.2) is 4.18 Å². The molecule has 1 aliphatic rings. The Balaban J connectivity index is 2.54. The summed E-state index contributed by atoms with van der Waals surface area (Å²) in [6.45, 7) is 3.23. The van der Waals surface area contributed by atoms with E-state index >= 15 is 0 Å². The molecule has 7 N–H and O–H groups in total. The minimum absolute atomic E-state index is 0.241. The van der Waals surface area contributed by atoms with Gasteiger partial charge in [-0.15, -0.1) is 0 Å². The topological polar surface area (TPSA) is 212 Å².